The number of nitrogens with zero attached hydrogens (tertiary/aromatic N) is 1. The van der Waals surface area contributed by atoms with E-state index in [9.17, 15) is 9.59 Å². The summed E-state index contributed by atoms with van der Waals surface area (Å²) in [4.78, 5) is 26.8. The van der Waals surface area contributed by atoms with E-state index in [4.69, 9.17) is 0 Å². The summed E-state index contributed by atoms with van der Waals surface area (Å²) in [6.45, 7) is 9.90. The molecule has 2 N–H and O–H groups in total. The average molecular weight is 353 g/mol. The van der Waals surface area contributed by atoms with Crippen molar-refractivity contribution >= 4 is 23.2 Å². The molecular weight excluding hydrogens is 326 g/mol. The topological polar surface area (TPSA) is 61.4 Å². The Morgan fingerprint density at radius 2 is 1.50 bits per heavy atom. The Bertz CT molecular complexity index is 750. The van der Waals surface area contributed by atoms with Crippen molar-refractivity contribution in [3.05, 3.63) is 59.7 Å². The van der Waals surface area contributed by atoms with Crippen molar-refractivity contribution in [1.29, 1.82) is 0 Å². The third kappa shape index (κ3) is 5.09. The van der Waals surface area contributed by atoms with Gasteiger partial charge in [0.1, 0.15) is 0 Å². The van der Waals surface area contributed by atoms with Crippen molar-refractivity contribution in [2.75, 3.05) is 23.3 Å². The fourth-order valence-corrected chi connectivity index (χ4v) is 2.69. The second kappa shape index (κ2) is 9.04. The maximum atomic E-state index is 12.5. The Balaban J connectivity index is 2.09. The van der Waals surface area contributed by atoms with Gasteiger partial charge in [-0.25, -0.2) is 0 Å². The van der Waals surface area contributed by atoms with Crippen LogP contribution in [-0.2, 0) is 0 Å². The first-order valence-corrected chi connectivity index (χ1v) is 9.01. The Kier molecular flexibility index (Phi) is 6.78. The molecule has 26 heavy (non-hydrogen) atoms. The van der Waals surface area contributed by atoms with E-state index in [2.05, 4.69) is 29.4 Å². The zero-order valence-corrected chi connectivity index (χ0v) is 15.9. The van der Waals surface area contributed by atoms with Gasteiger partial charge in [-0.1, -0.05) is 6.07 Å². The van der Waals surface area contributed by atoms with Gasteiger partial charge >= 0.3 is 0 Å². The molecule has 5 nitrogen and oxygen atoms in total. The lowest BCUT2D eigenvalue weighted by Gasteiger charge is -2.21. The van der Waals surface area contributed by atoms with Gasteiger partial charge in [0.25, 0.3) is 11.8 Å². The maximum Gasteiger partial charge on any atom is 0.255 e. The molecule has 0 heterocycles. The monoisotopic (exact) mass is 353 g/mol. The van der Waals surface area contributed by atoms with Gasteiger partial charge < -0.3 is 15.5 Å². The standard InChI is InChI=1S/C21H27N3O2/c1-5-24(6-2)19-12-10-18(11-13-19)23-21(26)17-9-7-8-16(14-17)20(25)22-15(3)4/h7-15H,5-6H2,1-4H3,(H,22,25)(H,23,26). The van der Waals surface area contributed by atoms with E-state index in [1.807, 2.05) is 38.1 Å². The minimum atomic E-state index is -0.236. The summed E-state index contributed by atoms with van der Waals surface area (Å²) < 4.78 is 0. The molecule has 0 radical (unpaired) electrons. The molecule has 0 aliphatic heterocycles. The molecule has 2 rings (SSSR count). The van der Waals surface area contributed by atoms with Crippen LogP contribution in [0.2, 0.25) is 0 Å². The Morgan fingerprint density at radius 1 is 0.923 bits per heavy atom. The SMILES string of the molecule is CCN(CC)c1ccc(NC(=O)c2cccc(C(=O)NC(C)C)c2)cc1. The van der Waals surface area contributed by atoms with Crippen molar-refractivity contribution in [3.8, 4) is 0 Å². The summed E-state index contributed by atoms with van der Waals surface area (Å²) in [5, 5.41) is 5.71. The predicted octanol–water partition coefficient (Wildman–Crippen LogP) is 3.92. The van der Waals surface area contributed by atoms with Crippen LogP contribution in [0.1, 0.15) is 48.4 Å². The van der Waals surface area contributed by atoms with Crippen LogP contribution in [0.25, 0.3) is 0 Å². The van der Waals surface area contributed by atoms with Gasteiger partial charge in [-0.3, -0.25) is 9.59 Å². The van der Waals surface area contributed by atoms with Crippen LogP contribution in [0.5, 0.6) is 0 Å². The number of nitrogens with one attached hydrogen (secondary N) is 2. The number of benzene rings is 2. The van der Waals surface area contributed by atoms with Gasteiger partial charge in [-0.15, -0.1) is 0 Å². The fourth-order valence-electron chi connectivity index (χ4n) is 2.69. The van der Waals surface area contributed by atoms with E-state index in [1.54, 1.807) is 24.3 Å². The summed E-state index contributed by atoms with van der Waals surface area (Å²) >= 11 is 0. The third-order valence-electron chi connectivity index (χ3n) is 4.06. The molecule has 0 spiro atoms. The summed E-state index contributed by atoms with van der Waals surface area (Å²) in [6.07, 6.45) is 0. The molecule has 0 saturated carbocycles. The quantitative estimate of drug-likeness (QED) is 0.793. The number of carbonyl (C=O) groups excluding carboxylic acids is 2. The highest BCUT2D eigenvalue weighted by Gasteiger charge is 2.12. The van der Waals surface area contributed by atoms with E-state index in [-0.39, 0.29) is 17.9 Å². The third-order valence-corrected chi connectivity index (χ3v) is 4.06. The zero-order chi connectivity index (χ0) is 19.1. The number of hydrogen-bond acceptors (Lipinski definition) is 3. The van der Waals surface area contributed by atoms with Crippen molar-refractivity contribution in [1.82, 2.24) is 5.32 Å². The lowest BCUT2D eigenvalue weighted by Crippen LogP contribution is -2.30. The van der Waals surface area contributed by atoms with E-state index >= 15 is 0 Å². The van der Waals surface area contributed by atoms with Crippen molar-refractivity contribution < 1.29 is 9.59 Å². The molecule has 5 heteroatoms. The molecule has 0 fully saturated rings. The Labute approximate surface area is 155 Å². The van der Waals surface area contributed by atoms with Gasteiger partial charge in [0.05, 0.1) is 0 Å². The summed E-state index contributed by atoms with van der Waals surface area (Å²) in [5.41, 5.74) is 2.78. The number of hydrogen-bond donors (Lipinski definition) is 2. The van der Waals surface area contributed by atoms with Crippen LogP contribution in [0.4, 0.5) is 11.4 Å². The molecule has 2 amide bonds. The minimum absolute atomic E-state index is 0.0457. The molecule has 0 aliphatic carbocycles. The smallest absolute Gasteiger partial charge is 0.255 e. The van der Waals surface area contributed by atoms with E-state index in [0.717, 1.165) is 24.5 Å². The van der Waals surface area contributed by atoms with Crippen LogP contribution in [0.15, 0.2) is 48.5 Å². The van der Waals surface area contributed by atoms with E-state index < -0.39 is 0 Å². The normalized spacial score (nSPS) is 10.5. The highest BCUT2D eigenvalue weighted by Crippen LogP contribution is 2.18. The molecule has 0 bridgehead atoms. The van der Waals surface area contributed by atoms with Gasteiger partial charge in [0.15, 0.2) is 0 Å². The predicted molar refractivity (Wildman–Crippen MR) is 107 cm³/mol. The zero-order valence-electron chi connectivity index (χ0n) is 15.9. The van der Waals surface area contributed by atoms with Gasteiger partial charge in [0, 0.05) is 41.6 Å². The van der Waals surface area contributed by atoms with E-state index in [0.29, 0.717) is 11.1 Å². The Hall–Kier alpha value is -2.82. The van der Waals surface area contributed by atoms with Crippen LogP contribution in [0.3, 0.4) is 0 Å². The lowest BCUT2D eigenvalue weighted by molar-refractivity contribution is 0.0943. The number of rotatable bonds is 7. The van der Waals surface area contributed by atoms with Crippen LogP contribution in [-0.4, -0.2) is 30.9 Å². The first kappa shape index (κ1) is 19.5. The molecule has 0 atom stereocenters. The van der Waals surface area contributed by atoms with Gasteiger partial charge in [-0.2, -0.15) is 0 Å². The molecular formula is C21H27N3O2. The molecule has 0 aromatic heterocycles. The van der Waals surface area contributed by atoms with Gasteiger partial charge in [-0.05, 0) is 70.2 Å². The maximum absolute atomic E-state index is 12.5. The van der Waals surface area contributed by atoms with Crippen molar-refractivity contribution in [2.45, 2.75) is 33.7 Å². The first-order valence-electron chi connectivity index (χ1n) is 9.01. The summed E-state index contributed by atoms with van der Waals surface area (Å²) in [5.74, 6) is -0.419. The molecule has 0 aliphatic rings. The summed E-state index contributed by atoms with van der Waals surface area (Å²) in [6, 6.07) is 14.5. The molecule has 2 aromatic rings. The Morgan fingerprint density at radius 3 is 2.04 bits per heavy atom. The average Bonchev–Trinajstić information content (AvgIpc) is 2.63. The number of anilines is 2. The molecule has 138 valence electrons. The number of amides is 2. The molecule has 0 saturated heterocycles. The van der Waals surface area contributed by atoms with Crippen molar-refractivity contribution in [3.63, 3.8) is 0 Å². The molecule has 2 aromatic carbocycles. The highest BCUT2D eigenvalue weighted by molar-refractivity contribution is 6.06. The van der Waals surface area contributed by atoms with Crippen LogP contribution < -0.4 is 15.5 Å². The van der Waals surface area contributed by atoms with Crippen LogP contribution >= 0.6 is 0 Å². The summed E-state index contributed by atoms with van der Waals surface area (Å²) in [7, 11) is 0. The van der Waals surface area contributed by atoms with Gasteiger partial charge in [0.2, 0.25) is 0 Å². The lowest BCUT2D eigenvalue weighted by atomic mass is 10.1. The second-order valence-corrected chi connectivity index (χ2v) is 6.38. The largest absolute Gasteiger partial charge is 0.372 e. The first-order chi connectivity index (χ1) is 12.4. The molecule has 0 unspecified atom stereocenters. The van der Waals surface area contributed by atoms with Crippen LogP contribution in [0, 0.1) is 0 Å². The fraction of sp³-hybridized carbons (Fsp3) is 0.333. The minimum Gasteiger partial charge on any atom is -0.372 e. The van der Waals surface area contributed by atoms with E-state index in [1.165, 1.54) is 0 Å². The number of carbonyl (C=O) groups is 2. The van der Waals surface area contributed by atoms with Crippen molar-refractivity contribution in [2.24, 2.45) is 0 Å². The second-order valence-electron chi connectivity index (χ2n) is 6.38. The highest BCUT2D eigenvalue weighted by atomic mass is 16.2.